The molecule has 1 aromatic heterocycles. The Labute approximate surface area is 149 Å². The van der Waals surface area contributed by atoms with E-state index in [0.29, 0.717) is 12.1 Å². The highest BCUT2D eigenvalue weighted by Crippen LogP contribution is 2.22. The van der Waals surface area contributed by atoms with Crippen molar-refractivity contribution in [3.8, 4) is 0 Å². The number of piperazine rings is 1. The molecule has 132 valence electrons. The highest BCUT2D eigenvalue weighted by atomic mass is 16.1. The second-order valence-electron chi connectivity index (χ2n) is 6.71. The van der Waals surface area contributed by atoms with Gasteiger partial charge in [-0.3, -0.25) is 14.7 Å². The van der Waals surface area contributed by atoms with E-state index in [1.165, 1.54) is 11.1 Å². The molecule has 2 aromatic rings. The second-order valence-corrected chi connectivity index (χ2v) is 6.71. The maximum atomic E-state index is 12.4. The number of benzene rings is 1. The van der Waals surface area contributed by atoms with Crippen LogP contribution in [0.1, 0.15) is 27.5 Å². The number of nitrogens with zero attached hydrogens (tertiary/aromatic N) is 3. The summed E-state index contributed by atoms with van der Waals surface area (Å²) in [6.45, 7) is 6.84. The van der Waals surface area contributed by atoms with Crippen molar-refractivity contribution in [3.05, 3.63) is 65.5 Å². The molecule has 1 aliphatic rings. The Bertz CT molecular complexity index is 679. The molecular formula is C20H26N4O. The van der Waals surface area contributed by atoms with Crippen LogP contribution in [0.5, 0.6) is 0 Å². The van der Waals surface area contributed by atoms with Crippen LogP contribution < -0.4 is 5.32 Å². The van der Waals surface area contributed by atoms with Gasteiger partial charge in [-0.25, -0.2) is 0 Å². The quantitative estimate of drug-likeness (QED) is 0.907. The Hall–Kier alpha value is -2.24. The zero-order valence-corrected chi connectivity index (χ0v) is 15.0. The third kappa shape index (κ3) is 4.65. The van der Waals surface area contributed by atoms with Crippen LogP contribution in [0.3, 0.4) is 0 Å². The predicted octanol–water partition coefficient (Wildman–Crippen LogP) is 2.11. The van der Waals surface area contributed by atoms with Gasteiger partial charge in [-0.1, -0.05) is 29.8 Å². The van der Waals surface area contributed by atoms with Gasteiger partial charge in [0, 0.05) is 50.7 Å². The van der Waals surface area contributed by atoms with Gasteiger partial charge in [0.15, 0.2) is 0 Å². The molecule has 1 saturated heterocycles. The molecule has 1 aromatic carbocycles. The van der Waals surface area contributed by atoms with Crippen molar-refractivity contribution in [3.63, 3.8) is 0 Å². The SMILES string of the molecule is Cc1ccc(C(CNC(=O)c2ccncc2)N2CCN(C)CC2)cc1. The molecule has 0 bridgehead atoms. The largest absolute Gasteiger partial charge is 0.350 e. The number of aryl methyl sites for hydroxylation is 1. The van der Waals surface area contributed by atoms with E-state index in [1.807, 2.05) is 0 Å². The smallest absolute Gasteiger partial charge is 0.251 e. The summed E-state index contributed by atoms with van der Waals surface area (Å²) in [7, 11) is 2.16. The first-order valence-corrected chi connectivity index (χ1v) is 8.81. The van der Waals surface area contributed by atoms with Crippen LogP contribution >= 0.6 is 0 Å². The van der Waals surface area contributed by atoms with E-state index in [1.54, 1.807) is 24.5 Å². The number of hydrogen-bond acceptors (Lipinski definition) is 4. The van der Waals surface area contributed by atoms with Gasteiger partial charge in [-0.2, -0.15) is 0 Å². The number of likely N-dealkylation sites (N-methyl/N-ethyl adjacent to an activating group) is 1. The van der Waals surface area contributed by atoms with Crippen LogP contribution in [-0.2, 0) is 0 Å². The van der Waals surface area contributed by atoms with E-state index >= 15 is 0 Å². The zero-order chi connectivity index (χ0) is 17.6. The van der Waals surface area contributed by atoms with Gasteiger partial charge in [-0.05, 0) is 31.7 Å². The molecule has 1 atom stereocenters. The van der Waals surface area contributed by atoms with E-state index in [-0.39, 0.29) is 11.9 Å². The van der Waals surface area contributed by atoms with Gasteiger partial charge < -0.3 is 10.2 Å². The monoisotopic (exact) mass is 338 g/mol. The molecule has 0 spiro atoms. The fraction of sp³-hybridized carbons (Fsp3) is 0.400. The lowest BCUT2D eigenvalue weighted by Crippen LogP contribution is -2.48. The minimum Gasteiger partial charge on any atom is -0.350 e. The van der Waals surface area contributed by atoms with E-state index in [9.17, 15) is 4.79 Å². The maximum Gasteiger partial charge on any atom is 0.251 e. The third-order valence-corrected chi connectivity index (χ3v) is 4.84. The lowest BCUT2D eigenvalue weighted by Gasteiger charge is -2.38. The van der Waals surface area contributed by atoms with Crippen molar-refractivity contribution in [2.75, 3.05) is 39.8 Å². The average molecular weight is 338 g/mol. The summed E-state index contributed by atoms with van der Waals surface area (Å²) in [5.74, 6) is -0.0476. The summed E-state index contributed by atoms with van der Waals surface area (Å²) in [6.07, 6.45) is 3.29. The lowest BCUT2D eigenvalue weighted by molar-refractivity contribution is 0.0886. The first-order chi connectivity index (χ1) is 12.1. The molecule has 3 rings (SSSR count). The van der Waals surface area contributed by atoms with Crippen LogP contribution in [0.4, 0.5) is 0 Å². The molecule has 1 N–H and O–H groups in total. The van der Waals surface area contributed by atoms with E-state index in [2.05, 4.69) is 58.3 Å². The zero-order valence-electron chi connectivity index (χ0n) is 15.0. The molecule has 0 aliphatic carbocycles. The molecule has 5 heteroatoms. The third-order valence-electron chi connectivity index (χ3n) is 4.84. The van der Waals surface area contributed by atoms with Gasteiger partial charge >= 0.3 is 0 Å². The number of carbonyl (C=O) groups is 1. The molecule has 5 nitrogen and oxygen atoms in total. The first kappa shape index (κ1) is 17.6. The normalized spacial score (nSPS) is 17.2. The number of rotatable bonds is 5. The average Bonchev–Trinajstić information content (AvgIpc) is 2.65. The molecule has 1 aliphatic heterocycles. The molecular weight excluding hydrogens is 312 g/mol. The summed E-state index contributed by atoms with van der Waals surface area (Å²) in [5.41, 5.74) is 3.16. The fourth-order valence-corrected chi connectivity index (χ4v) is 3.17. The van der Waals surface area contributed by atoms with Crippen molar-refractivity contribution < 1.29 is 4.79 Å². The summed E-state index contributed by atoms with van der Waals surface area (Å²) in [4.78, 5) is 21.2. The van der Waals surface area contributed by atoms with Crippen molar-refractivity contribution in [2.45, 2.75) is 13.0 Å². The fourth-order valence-electron chi connectivity index (χ4n) is 3.17. The summed E-state index contributed by atoms with van der Waals surface area (Å²) >= 11 is 0. The van der Waals surface area contributed by atoms with Crippen LogP contribution in [-0.4, -0.2) is 60.5 Å². The topological polar surface area (TPSA) is 48.5 Å². The van der Waals surface area contributed by atoms with Crippen LogP contribution in [0.25, 0.3) is 0 Å². The Morgan fingerprint density at radius 3 is 2.36 bits per heavy atom. The van der Waals surface area contributed by atoms with Crippen LogP contribution in [0.2, 0.25) is 0 Å². The summed E-state index contributed by atoms with van der Waals surface area (Å²) < 4.78 is 0. The number of nitrogens with one attached hydrogen (secondary N) is 1. The van der Waals surface area contributed by atoms with Crippen molar-refractivity contribution in [1.29, 1.82) is 0 Å². The second kappa shape index (κ2) is 8.23. The number of carbonyl (C=O) groups excluding carboxylic acids is 1. The Balaban J connectivity index is 1.72. The van der Waals surface area contributed by atoms with Crippen molar-refractivity contribution >= 4 is 5.91 Å². The minimum atomic E-state index is -0.0476. The highest BCUT2D eigenvalue weighted by molar-refractivity contribution is 5.93. The first-order valence-electron chi connectivity index (χ1n) is 8.81. The standard InChI is InChI=1S/C20H26N4O/c1-16-3-5-17(6-4-16)19(24-13-11-23(2)12-14-24)15-22-20(25)18-7-9-21-10-8-18/h3-10,19H,11-15H2,1-2H3,(H,22,25). The maximum absolute atomic E-state index is 12.4. The van der Waals surface area contributed by atoms with Gasteiger partial charge in [0.05, 0.1) is 6.04 Å². The molecule has 2 heterocycles. The van der Waals surface area contributed by atoms with E-state index in [4.69, 9.17) is 0 Å². The van der Waals surface area contributed by atoms with Crippen LogP contribution in [0, 0.1) is 6.92 Å². The van der Waals surface area contributed by atoms with Crippen LogP contribution in [0.15, 0.2) is 48.8 Å². The molecule has 1 amide bonds. The summed E-state index contributed by atoms with van der Waals surface area (Å²) in [5, 5.41) is 3.10. The minimum absolute atomic E-state index is 0.0476. The van der Waals surface area contributed by atoms with Crippen molar-refractivity contribution in [1.82, 2.24) is 20.1 Å². The molecule has 25 heavy (non-hydrogen) atoms. The lowest BCUT2D eigenvalue weighted by atomic mass is 10.0. The number of amides is 1. The molecule has 0 saturated carbocycles. The Morgan fingerprint density at radius 1 is 1.08 bits per heavy atom. The number of hydrogen-bond donors (Lipinski definition) is 1. The van der Waals surface area contributed by atoms with Gasteiger partial charge in [0.1, 0.15) is 0 Å². The van der Waals surface area contributed by atoms with E-state index in [0.717, 1.165) is 26.2 Å². The summed E-state index contributed by atoms with van der Waals surface area (Å²) in [6, 6.07) is 12.3. The Kier molecular flexibility index (Phi) is 5.79. The Morgan fingerprint density at radius 2 is 1.72 bits per heavy atom. The molecule has 1 fully saturated rings. The van der Waals surface area contributed by atoms with Gasteiger partial charge in [-0.15, -0.1) is 0 Å². The predicted molar refractivity (Wildman–Crippen MR) is 99.6 cm³/mol. The number of aromatic nitrogens is 1. The van der Waals surface area contributed by atoms with E-state index < -0.39 is 0 Å². The molecule has 0 radical (unpaired) electrons. The van der Waals surface area contributed by atoms with Gasteiger partial charge in [0.25, 0.3) is 5.91 Å². The molecule has 1 unspecified atom stereocenters. The highest BCUT2D eigenvalue weighted by Gasteiger charge is 2.24. The van der Waals surface area contributed by atoms with Crippen molar-refractivity contribution in [2.24, 2.45) is 0 Å². The van der Waals surface area contributed by atoms with Gasteiger partial charge in [0.2, 0.25) is 0 Å². The number of pyridine rings is 1.